The molecule has 1 N–H and O–H groups in total. The fourth-order valence-electron chi connectivity index (χ4n) is 3.41. The summed E-state index contributed by atoms with van der Waals surface area (Å²) >= 11 is 0. The lowest BCUT2D eigenvalue weighted by Crippen LogP contribution is -2.43. The number of carbonyl (C=O) groups excluding carboxylic acids is 1. The van der Waals surface area contributed by atoms with Gasteiger partial charge in [-0.3, -0.25) is 4.79 Å². The average Bonchev–Trinajstić information content (AvgIpc) is 2.74. The fraction of sp³-hybridized carbons (Fsp3) is 0.409. The Hall–Kier alpha value is -2.38. The van der Waals surface area contributed by atoms with Crippen LogP contribution in [0.1, 0.15) is 24.8 Å². The lowest BCUT2D eigenvalue weighted by Gasteiger charge is -2.30. The van der Waals surface area contributed by atoms with Gasteiger partial charge >= 0.3 is 0 Å². The van der Waals surface area contributed by atoms with Crippen molar-refractivity contribution >= 4 is 15.9 Å². The van der Waals surface area contributed by atoms with Crippen molar-refractivity contribution in [2.45, 2.75) is 25.0 Å². The summed E-state index contributed by atoms with van der Waals surface area (Å²) in [6.07, 6.45) is 1.84. The maximum atomic E-state index is 12.6. The van der Waals surface area contributed by atoms with E-state index in [1.165, 1.54) is 4.31 Å². The van der Waals surface area contributed by atoms with Gasteiger partial charge in [-0.05, 0) is 37.0 Å². The maximum Gasteiger partial charge on any atom is 0.223 e. The number of carbonyl (C=O) groups is 1. The van der Waals surface area contributed by atoms with Crippen LogP contribution in [-0.4, -0.2) is 44.9 Å². The Morgan fingerprint density at radius 1 is 1.00 bits per heavy atom. The van der Waals surface area contributed by atoms with Gasteiger partial charge in [0, 0.05) is 25.6 Å². The number of nitrogens with one attached hydrogen (secondary N) is 1. The number of rotatable bonds is 9. The third-order valence-corrected chi connectivity index (χ3v) is 6.89. The zero-order chi connectivity index (χ0) is 20.5. The average molecular weight is 417 g/mol. The summed E-state index contributed by atoms with van der Waals surface area (Å²) in [7, 11) is -3.35. The van der Waals surface area contributed by atoms with Gasteiger partial charge in [0.2, 0.25) is 15.9 Å². The summed E-state index contributed by atoms with van der Waals surface area (Å²) in [6, 6.07) is 18.8. The molecule has 3 rings (SSSR count). The lowest BCUT2D eigenvalue weighted by molar-refractivity contribution is -0.126. The number of ether oxygens (including phenoxy) is 1. The lowest BCUT2D eigenvalue weighted by atomic mass is 9.97. The van der Waals surface area contributed by atoms with Gasteiger partial charge in [0.25, 0.3) is 0 Å². The van der Waals surface area contributed by atoms with E-state index in [0.29, 0.717) is 39.1 Å². The molecule has 1 saturated heterocycles. The van der Waals surface area contributed by atoms with Crippen LogP contribution in [0.2, 0.25) is 0 Å². The molecule has 29 heavy (non-hydrogen) atoms. The number of benzene rings is 2. The first-order valence-electron chi connectivity index (χ1n) is 10.0. The minimum atomic E-state index is -3.35. The Bertz CT molecular complexity index is 864. The van der Waals surface area contributed by atoms with E-state index >= 15 is 0 Å². The third-order valence-electron chi connectivity index (χ3n) is 5.04. The summed E-state index contributed by atoms with van der Waals surface area (Å²) in [5.41, 5.74) is 0.782. The van der Waals surface area contributed by atoms with Gasteiger partial charge in [0.05, 0.1) is 12.4 Å². The van der Waals surface area contributed by atoms with Gasteiger partial charge < -0.3 is 10.1 Å². The molecule has 0 spiro atoms. The number of nitrogens with zero attached hydrogens (tertiary/aromatic N) is 1. The predicted octanol–water partition coefficient (Wildman–Crippen LogP) is 2.81. The molecular formula is C22H28N2O4S. The topological polar surface area (TPSA) is 75.7 Å². The van der Waals surface area contributed by atoms with E-state index in [1.807, 2.05) is 60.7 Å². The van der Waals surface area contributed by atoms with E-state index in [0.717, 1.165) is 17.7 Å². The molecule has 2 aromatic rings. The number of para-hydroxylation sites is 1. The van der Waals surface area contributed by atoms with Crippen molar-refractivity contribution in [1.82, 2.24) is 9.62 Å². The third kappa shape index (κ3) is 6.58. The zero-order valence-electron chi connectivity index (χ0n) is 16.5. The molecule has 1 aliphatic heterocycles. The smallest absolute Gasteiger partial charge is 0.223 e. The molecule has 0 aliphatic carbocycles. The molecule has 6 nitrogen and oxygen atoms in total. The van der Waals surface area contributed by atoms with Crippen molar-refractivity contribution in [2.75, 3.05) is 26.2 Å². The Morgan fingerprint density at radius 2 is 1.62 bits per heavy atom. The molecule has 156 valence electrons. The monoisotopic (exact) mass is 416 g/mol. The highest BCUT2D eigenvalue weighted by atomic mass is 32.2. The second-order valence-electron chi connectivity index (χ2n) is 7.22. The Balaban J connectivity index is 1.35. The molecular weight excluding hydrogens is 388 g/mol. The van der Waals surface area contributed by atoms with Gasteiger partial charge in [-0.2, -0.15) is 0 Å². The summed E-state index contributed by atoms with van der Waals surface area (Å²) < 4.78 is 32.3. The highest BCUT2D eigenvalue weighted by molar-refractivity contribution is 7.88. The van der Waals surface area contributed by atoms with Crippen LogP contribution < -0.4 is 10.1 Å². The van der Waals surface area contributed by atoms with Crippen molar-refractivity contribution in [3.05, 3.63) is 66.2 Å². The molecule has 0 unspecified atom stereocenters. The largest absolute Gasteiger partial charge is 0.494 e. The SMILES string of the molecule is O=C(NCCCOc1ccccc1)C1CCN(S(=O)(=O)Cc2ccccc2)CC1. The Morgan fingerprint density at radius 3 is 2.28 bits per heavy atom. The van der Waals surface area contributed by atoms with E-state index in [2.05, 4.69) is 5.32 Å². The minimum absolute atomic E-state index is 0.00446. The molecule has 0 bridgehead atoms. The number of hydrogen-bond acceptors (Lipinski definition) is 4. The quantitative estimate of drug-likeness (QED) is 0.638. The van der Waals surface area contributed by atoms with Gasteiger partial charge in [0.1, 0.15) is 5.75 Å². The first-order chi connectivity index (χ1) is 14.0. The molecule has 0 saturated carbocycles. The van der Waals surface area contributed by atoms with Crippen LogP contribution in [0.4, 0.5) is 0 Å². The standard InChI is InChI=1S/C22H28N2O4S/c25-22(23-14-7-17-28-21-10-5-2-6-11-21)20-12-15-24(16-13-20)29(26,27)18-19-8-3-1-4-9-19/h1-6,8-11,20H,7,12-18H2,(H,23,25). The number of amides is 1. The minimum Gasteiger partial charge on any atom is -0.494 e. The predicted molar refractivity (Wildman–Crippen MR) is 113 cm³/mol. The van der Waals surface area contributed by atoms with Gasteiger partial charge in [0.15, 0.2) is 0 Å². The Labute approximate surface area is 172 Å². The highest BCUT2D eigenvalue weighted by Crippen LogP contribution is 2.22. The van der Waals surface area contributed by atoms with Crippen LogP contribution in [0.5, 0.6) is 5.75 Å². The first kappa shape index (κ1) is 21.3. The van der Waals surface area contributed by atoms with Crippen LogP contribution in [0.15, 0.2) is 60.7 Å². The van der Waals surface area contributed by atoms with Crippen LogP contribution in [0, 0.1) is 5.92 Å². The molecule has 0 aromatic heterocycles. The van der Waals surface area contributed by atoms with Crippen LogP contribution in [0.3, 0.4) is 0 Å². The molecule has 1 fully saturated rings. The van der Waals surface area contributed by atoms with Gasteiger partial charge in [-0.25, -0.2) is 12.7 Å². The van der Waals surface area contributed by atoms with Crippen LogP contribution in [-0.2, 0) is 20.6 Å². The fourth-order valence-corrected chi connectivity index (χ4v) is 4.97. The van der Waals surface area contributed by atoms with Gasteiger partial charge in [-0.1, -0.05) is 48.5 Å². The molecule has 7 heteroatoms. The van der Waals surface area contributed by atoms with E-state index < -0.39 is 10.0 Å². The molecule has 0 atom stereocenters. The normalized spacial score (nSPS) is 15.7. The van der Waals surface area contributed by atoms with E-state index in [1.54, 1.807) is 0 Å². The molecule has 1 heterocycles. The van der Waals surface area contributed by atoms with Crippen molar-refractivity contribution in [3.63, 3.8) is 0 Å². The van der Waals surface area contributed by atoms with Gasteiger partial charge in [-0.15, -0.1) is 0 Å². The zero-order valence-corrected chi connectivity index (χ0v) is 17.3. The highest BCUT2D eigenvalue weighted by Gasteiger charge is 2.30. The summed E-state index contributed by atoms with van der Waals surface area (Å²) in [6.45, 7) is 1.88. The second-order valence-corrected chi connectivity index (χ2v) is 9.19. The molecule has 2 aromatic carbocycles. The van der Waals surface area contributed by atoms with Crippen molar-refractivity contribution in [2.24, 2.45) is 5.92 Å². The van der Waals surface area contributed by atoms with Crippen LogP contribution in [0.25, 0.3) is 0 Å². The molecule has 0 radical (unpaired) electrons. The second kappa shape index (κ2) is 10.4. The molecule has 1 aliphatic rings. The number of piperidine rings is 1. The Kier molecular flexibility index (Phi) is 7.66. The van der Waals surface area contributed by atoms with E-state index in [-0.39, 0.29) is 17.6 Å². The van der Waals surface area contributed by atoms with Crippen LogP contribution >= 0.6 is 0 Å². The van der Waals surface area contributed by atoms with Crippen molar-refractivity contribution in [1.29, 1.82) is 0 Å². The summed E-state index contributed by atoms with van der Waals surface area (Å²) in [4.78, 5) is 12.4. The first-order valence-corrected chi connectivity index (χ1v) is 11.6. The van der Waals surface area contributed by atoms with Crippen molar-refractivity contribution in [3.8, 4) is 5.75 Å². The van der Waals surface area contributed by atoms with Crippen molar-refractivity contribution < 1.29 is 17.9 Å². The van der Waals surface area contributed by atoms with E-state index in [9.17, 15) is 13.2 Å². The van der Waals surface area contributed by atoms with E-state index in [4.69, 9.17) is 4.74 Å². The number of hydrogen-bond donors (Lipinski definition) is 1. The number of sulfonamides is 1. The maximum absolute atomic E-state index is 12.6. The molecule has 1 amide bonds. The summed E-state index contributed by atoms with van der Waals surface area (Å²) in [5.74, 6) is 0.701. The summed E-state index contributed by atoms with van der Waals surface area (Å²) in [5, 5.41) is 2.95.